The van der Waals surface area contributed by atoms with E-state index in [9.17, 15) is 9.59 Å². The predicted molar refractivity (Wildman–Crippen MR) is 261 cm³/mol. The van der Waals surface area contributed by atoms with Gasteiger partial charge >= 0.3 is 0 Å². The molecule has 1 atom stereocenters. The average molecular weight is 813 g/mol. The van der Waals surface area contributed by atoms with Gasteiger partial charge in [-0.05, 0) is 63.1 Å². The van der Waals surface area contributed by atoms with Crippen LogP contribution in [0.5, 0.6) is 0 Å². The molecule has 4 nitrogen and oxygen atoms in total. The number of hydrogen-bond donors (Lipinski definition) is 1. The van der Waals surface area contributed by atoms with E-state index in [0.717, 1.165) is 36.9 Å². The van der Waals surface area contributed by atoms with Crippen LogP contribution >= 0.6 is 0 Å². The maximum Gasteiger partial charge on any atom is 0.249 e. The third-order valence-electron chi connectivity index (χ3n) is 13.3. The van der Waals surface area contributed by atoms with E-state index in [4.69, 9.17) is 0 Å². The Kier molecular flexibility index (Phi) is 37.8. The quantitative estimate of drug-likeness (QED) is 0.0526. The van der Waals surface area contributed by atoms with E-state index < -0.39 is 0 Å². The first kappa shape index (κ1) is 54.9. The summed E-state index contributed by atoms with van der Waals surface area (Å²) in [6.07, 6.45) is 51.2. The third kappa shape index (κ3) is 30.0. The van der Waals surface area contributed by atoms with Crippen LogP contribution in [0.2, 0.25) is 0 Å². The minimum absolute atomic E-state index is 0.261. The number of nitrogens with zero attached hydrogens (tertiary/aromatic N) is 1. The third-order valence-corrected chi connectivity index (χ3v) is 13.3. The van der Waals surface area contributed by atoms with Crippen molar-refractivity contribution in [1.29, 1.82) is 0 Å². The number of rotatable bonds is 46. The molecule has 1 rings (SSSR count). The van der Waals surface area contributed by atoms with Crippen molar-refractivity contribution in [3.8, 4) is 0 Å². The lowest BCUT2D eigenvalue weighted by molar-refractivity contribution is 0.259. The van der Waals surface area contributed by atoms with Gasteiger partial charge in [0.15, 0.2) is 0 Å². The molecule has 1 aromatic carbocycles. The average Bonchev–Trinajstić information content (AvgIpc) is 3.22. The molecule has 58 heavy (non-hydrogen) atoms. The van der Waals surface area contributed by atoms with E-state index in [0.29, 0.717) is 18.0 Å². The van der Waals surface area contributed by atoms with Crippen LogP contribution < -0.4 is 16.2 Å². The Morgan fingerprint density at radius 3 is 1.12 bits per heavy atom. The zero-order valence-corrected chi connectivity index (χ0v) is 40.5. The smallest absolute Gasteiger partial charge is 0.249 e. The summed E-state index contributed by atoms with van der Waals surface area (Å²) in [6.45, 7) is 17.8. The molecule has 0 aliphatic carbocycles. The van der Waals surface area contributed by atoms with Crippen LogP contribution in [0, 0.1) is 17.8 Å². The monoisotopic (exact) mass is 813 g/mol. The van der Waals surface area contributed by atoms with Gasteiger partial charge in [-0.3, -0.25) is 9.59 Å². The second kappa shape index (κ2) is 39.9. The van der Waals surface area contributed by atoms with Gasteiger partial charge in [-0.25, -0.2) is 0 Å². The van der Waals surface area contributed by atoms with Gasteiger partial charge in [-0.1, -0.05) is 253 Å². The van der Waals surface area contributed by atoms with Gasteiger partial charge in [0.2, 0.25) is 10.9 Å². The summed E-state index contributed by atoms with van der Waals surface area (Å²) in [5.41, 5.74) is 0.783. The van der Waals surface area contributed by atoms with Crippen molar-refractivity contribution in [2.24, 2.45) is 17.8 Å². The van der Waals surface area contributed by atoms with Crippen LogP contribution in [0.3, 0.4) is 0 Å². The molecule has 0 saturated heterocycles. The van der Waals surface area contributed by atoms with Gasteiger partial charge < -0.3 is 10.2 Å². The maximum atomic E-state index is 12.3. The summed E-state index contributed by atoms with van der Waals surface area (Å²) in [5, 5.41) is 3.37. The molecular formula is C54H104N2O2. The first-order valence-corrected chi connectivity index (χ1v) is 26.7. The molecule has 0 radical (unpaired) electrons. The summed E-state index contributed by atoms with van der Waals surface area (Å²) in [6, 6.07) is 0. The van der Waals surface area contributed by atoms with Crippen molar-refractivity contribution >= 4 is 5.69 Å². The molecule has 1 unspecified atom stereocenters. The highest BCUT2D eigenvalue weighted by Crippen LogP contribution is 2.26. The molecule has 0 aromatic heterocycles. The molecule has 0 heterocycles. The molecule has 1 aromatic rings. The first-order chi connectivity index (χ1) is 28.4. The Balaban J connectivity index is 2.48. The zero-order chi connectivity index (χ0) is 42.3. The molecule has 0 amide bonds. The van der Waals surface area contributed by atoms with Crippen molar-refractivity contribution in [2.75, 3.05) is 31.5 Å². The second-order valence-corrected chi connectivity index (χ2v) is 19.5. The topological polar surface area (TPSA) is 49.4 Å². The van der Waals surface area contributed by atoms with Crippen molar-refractivity contribution in [2.45, 2.75) is 279 Å². The van der Waals surface area contributed by atoms with E-state index in [2.05, 4.69) is 51.8 Å². The lowest BCUT2D eigenvalue weighted by Crippen LogP contribution is -2.39. The molecule has 0 fully saturated rings. The Morgan fingerprint density at radius 1 is 0.397 bits per heavy atom. The number of unbranched alkanes of at least 4 members (excludes halogenated alkanes) is 23. The van der Waals surface area contributed by atoms with Gasteiger partial charge in [-0.2, -0.15) is 0 Å². The fourth-order valence-electron chi connectivity index (χ4n) is 9.59. The van der Waals surface area contributed by atoms with E-state index in [-0.39, 0.29) is 10.9 Å². The van der Waals surface area contributed by atoms with Gasteiger partial charge in [0.25, 0.3) is 0 Å². The number of hydrogen-bond acceptors (Lipinski definition) is 4. The van der Waals surface area contributed by atoms with Gasteiger partial charge in [-0.15, -0.1) is 0 Å². The van der Waals surface area contributed by atoms with Gasteiger partial charge in [0, 0.05) is 12.1 Å². The number of anilines is 1. The highest BCUT2D eigenvalue weighted by Gasteiger charge is 2.21. The van der Waals surface area contributed by atoms with Gasteiger partial charge in [0.05, 0.1) is 5.69 Å². The van der Waals surface area contributed by atoms with Crippen LogP contribution in [0.1, 0.15) is 278 Å². The van der Waals surface area contributed by atoms with Gasteiger partial charge in [0.1, 0.15) is 0 Å². The van der Waals surface area contributed by atoms with Crippen LogP contribution in [0.15, 0.2) is 9.59 Å². The first-order valence-electron chi connectivity index (χ1n) is 26.7. The van der Waals surface area contributed by atoms with E-state index in [1.54, 1.807) is 0 Å². The van der Waals surface area contributed by atoms with Crippen molar-refractivity contribution in [3.05, 3.63) is 26.0 Å². The molecule has 0 aliphatic rings. The zero-order valence-electron chi connectivity index (χ0n) is 40.5. The lowest BCUT2D eigenvalue weighted by atomic mass is 9.89. The second-order valence-electron chi connectivity index (χ2n) is 19.5. The number of nitrogens with one attached hydrogen (secondary N) is 1. The largest absolute Gasteiger partial charge is 0.381 e. The van der Waals surface area contributed by atoms with Crippen molar-refractivity contribution in [3.63, 3.8) is 0 Å². The van der Waals surface area contributed by atoms with Crippen LogP contribution in [0.25, 0.3) is 0 Å². The molecule has 4 heteroatoms. The highest BCUT2D eigenvalue weighted by atomic mass is 16.2. The maximum absolute atomic E-state index is 12.3. The minimum atomic E-state index is -0.299. The van der Waals surface area contributed by atoms with Crippen LogP contribution in [0.4, 0.5) is 5.69 Å². The Hall–Kier alpha value is -1.16. The predicted octanol–water partition coefficient (Wildman–Crippen LogP) is 16.6. The Morgan fingerprint density at radius 2 is 0.741 bits per heavy atom. The summed E-state index contributed by atoms with van der Waals surface area (Å²) >= 11 is 0. The SMILES string of the molecule is CCCCCCCCC(CCC)CCCCCCCN(CCCCCCCC(CCCCCCCC)CCCCCCCC)CCCNc1c(CC(C)C)c(=O)c1=O. The molecule has 342 valence electrons. The fourth-order valence-corrected chi connectivity index (χ4v) is 9.59. The van der Waals surface area contributed by atoms with E-state index in [1.165, 1.54) is 238 Å². The van der Waals surface area contributed by atoms with E-state index in [1.807, 2.05) is 0 Å². The lowest BCUT2D eigenvalue weighted by Gasteiger charge is -2.23. The minimum Gasteiger partial charge on any atom is -0.381 e. The van der Waals surface area contributed by atoms with Crippen molar-refractivity contribution in [1.82, 2.24) is 4.90 Å². The van der Waals surface area contributed by atoms with Crippen LogP contribution in [-0.4, -0.2) is 31.1 Å². The Labute approximate surface area is 363 Å². The summed E-state index contributed by atoms with van der Waals surface area (Å²) < 4.78 is 0. The van der Waals surface area contributed by atoms with Crippen molar-refractivity contribution < 1.29 is 0 Å². The normalized spacial score (nSPS) is 12.6. The standard InChI is InChI=1S/C54H104N2O2/c1-7-11-14-17-22-29-38-49(37-10-4)39-30-25-20-27-34-44-56(46-36-43-55-52-51(47-48(5)6)53(57)54(52)58)45-35-28-21-26-33-42-50(40-31-23-18-15-12-8-2)41-32-24-19-16-13-9-3/h48-50,55H,7-47H2,1-6H3. The summed E-state index contributed by atoms with van der Waals surface area (Å²) in [4.78, 5) is 27.2. The van der Waals surface area contributed by atoms with Crippen LogP contribution in [-0.2, 0) is 6.42 Å². The summed E-state index contributed by atoms with van der Waals surface area (Å²) in [5.74, 6) is 2.32. The molecule has 0 spiro atoms. The molecule has 1 N–H and O–H groups in total. The van der Waals surface area contributed by atoms with E-state index >= 15 is 0 Å². The molecular weight excluding hydrogens is 709 g/mol. The molecule has 0 aliphatic heterocycles. The highest BCUT2D eigenvalue weighted by molar-refractivity contribution is 5.56. The molecule has 0 bridgehead atoms. The fraction of sp³-hybridized carbons (Fsp3) is 0.926. The molecule has 0 saturated carbocycles. The Bertz CT molecular complexity index is 1060. The summed E-state index contributed by atoms with van der Waals surface area (Å²) in [7, 11) is 0.